The van der Waals surface area contributed by atoms with E-state index in [1.54, 1.807) is 24.3 Å². The first kappa shape index (κ1) is 16.4. The average Bonchev–Trinajstić information content (AvgIpc) is 3.23. The topological polar surface area (TPSA) is 64.6 Å². The SMILES string of the molecule is Cc1ccc(S(=O)(=O)NCCc2c3c(cc4c2OCC4)OCC3)cc1. The number of hydrogen-bond donors (Lipinski definition) is 1. The molecule has 5 nitrogen and oxygen atoms in total. The fourth-order valence-electron chi connectivity index (χ4n) is 3.46. The van der Waals surface area contributed by atoms with Gasteiger partial charge in [-0.05, 0) is 31.5 Å². The predicted octanol–water partition coefficient (Wildman–Crippen LogP) is 2.39. The van der Waals surface area contributed by atoms with Crippen molar-refractivity contribution >= 4 is 10.0 Å². The molecule has 132 valence electrons. The first-order valence-electron chi connectivity index (χ1n) is 8.54. The second-order valence-corrected chi connectivity index (χ2v) is 8.24. The van der Waals surface area contributed by atoms with Crippen molar-refractivity contribution in [2.75, 3.05) is 19.8 Å². The van der Waals surface area contributed by atoms with Gasteiger partial charge < -0.3 is 9.47 Å². The molecule has 2 aromatic carbocycles. The maximum absolute atomic E-state index is 12.4. The third-order valence-electron chi connectivity index (χ3n) is 4.76. The van der Waals surface area contributed by atoms with E-state index in [9.17, 15) is 8.42 Å². The highest BCUT2D eigenvalue weighted by Crippen LogP contribution is 2.40. The average molecular weight is 359 g/mol. The molecule has 4 rings (SSSR count). The van der Waals surface area contributed by atoms with Crippen molar-refractivity contribution in [1.29, 1.82) is 0 Å². The van der Waals surface area contributed by atoms with Gasteiger partial charge >= 0.3 is 0 Å². The fourth-order valence-corrected chi connectivity index (χ4v) is 4.49. The summed E-state index contributed by atoms with van der Waals surface area (Å²) in [4.78, 5) is 0.293. The van der Waals surface area contributed by atoms with Gasteiger partial charge in [-0.2, -0.15) is 0 Å². The van der Waals surface area contributed by atoms with Crippen LogP contribution in [-0.4, -0.2) is 28.2 Å². The molecule has 0 radical (unpaired) electrons. The number of sulfonamides is 1. The van der Waals surface area contributed by atoms with E-state index in [2.05, 4.69) is 10.8 Å². The van der Waals surface area contributed by atoms with Crippen LogP contribution in [0.2, 0.25) is 0 Å². The summed E-state index contributed by atoms with van der Waals surface area (Å²) in [5.74, 6) is 1.86. The molecular formula is C19H21NO4S. The van der Waals surface area contributed by atoms with Crippen molar-refractivity contribution in [3.8, 4) is 11.5 Å². The lowest BCUT2D eigenvalue weighted by Crippen LogP contribution is -2.26. The molecule has 0 unspecified atom stereocenters. The number of rotatable bonds is 5. The Kier molecular flexibility index (Phi) is 4.17. The first-order chi connectivity index (χ1) is 12.0. The molecule has 0 spiro atoms. The molecule has 0 atom stereocenters. The number of aryl methyl sites for hydroxylation is 1. The van der Waals surface area contributed by atoms with Gasteiger partial charge in [0.1, 0.15) is 11.5 Å². The molecule has 0 fully saturated rings. The Morgan fingerprint density at radius 1 is 1.08 bits per heavy atom. The van der Waals surface area contributed by atoms with Crippen molar-refractivity contribution in [3.05, 3.63) is 52.6 Å². The quantitative estimate of drug-likeness (QED) is 0.890. The van der Waals surface area contributed by atoms with Crippen LogP contribution in [0.15, 0.2) is 35.2 Å². The lowest BCUT2D eigenvalue weighted by atomic mass is 9.97. The Morgan fingerprint density at radius 2 is 1.84 bits per heavy atom. The van der Waals surface area contributed by atoms with Gasteiger partial charge in [-0.15, -0.1) is 0 Å². The van der Waals surface area contributed by atoms with E-state index in [4.69, 9.17) is 9.47 Å². The third-order valence-corrected chi connectivity index (χ3v) is 6.24. The Labute approximate surface area is 148 Å². The van der Waals surface area contributed by atoms with Crippen LogP contribution >= 0.6 is 0 Å². The number of nitrogens with one attached hydrogen (secondary N) is 1. The second kappa shape index (κ2) is 6.35. The van der Waals surface area contributed by atoms with E-state index < -0.39 is 10.0 Å². The fraction of sp³-hybridized carbons (Fsp3) is 0.368. The van der Waals surface area contributed by atoms with E-state index in [1.165, 1.54) is 0 Å². The lowest BCUT2D eigenvalue weighted by Gasteiger charge is -2.13. The van der Waals surface area contributed by atoms with Crippen molar-refractivity contribution in [2.24, 2.45) is 0 Å². The van der Waals surface area contributed by atoms with Crippen LogP contribution in [-0.2, 0) is 29.3 Å². The summed E-state index contributed by atoms with van der Waals surface area (Å²) >= 11 is 0. The van der Waals surface area contributed by atoms with Gasteiger partial charge in [0.2, 0.25) is 10.0 Å². The molecule has 0 aromatic heterocycles. The highest BCUT2D eigenvalue weighted by molar-refractivity contribution is 7.89. The van der Waals surface area contributed by atoms with Gasteiger partial charge in [-0.25, -0.2) is 13.1 Å². The summed E-state index contributed by atoms with van der Waals surface area (Å²) in [6.45, 7) is 3.63. The third kappa shape index (κ3) is 3.12. The molecule has 0 amide bonds. The molecule has 2 heterocycles. The van der Waals surface area contributed by atoms with Crippen molar-refractivity contribution < 1.29 is 17.9 Å². The number of hydrogen-bond acceptors (Lipinski definition) is 4. The van der Waals surface area contributed by atoms with E-state index in [1.807, 2.05) is 6.92 Å². The summed E-state index contributed by atoms with van der Waals surface area (Å²) in [6, 6.07) is 8.94. The van der Waals surface area contributed by atoms with Crippen LogP contribution in [0, 0.1) is 6.92 Å². The minimum Gasteiger partial charge on any atom is -0.493 e. The summed E-state index contributed by atoms with van der Waals surface area (Å²) in [7, 11) is -3.50. The van der Waals surface area contributed by atoms with Crippen LogP contribution in [0.1, 0.15) is 22.3 Å². The second-order valence-electron chi connectivity index (χ2n) is 6.48. The molecule has 6 heteroatoms. The molecule has 0 saturated carbocycles. The Bertz CT molecular complexity index is 872. The summed E-state index contributed by atoms with van der Waals surface area (Å²) in [5, 5.41) is 0. The van der Waals surface area contributed by atoms with Crippen molar-refractivity contribution in [3.63, 3.8) is 0 Å². The highest BCUT2D eigenvalue weighted by Gasteiger charge is 2.26. The molecule has 0 aliphatic carbocycles. The van der Waals surface area contributed by atoms with Gasteiger partial charge in [0.25, 0.3) is 0 Å². The number of ether oxygens (including phenoxy) is 2. The summed E-state index contributed by atoms with van der Waals surface area (Å²) < 4.78 is 39.1. The Balaban J connectivity index is 1.52. The minimum atomic E-state index is -3.50. The van der Waals surface area contributed by atoms with E-state index in [-0.39, 0.29) is 0 Å². The zero-order chi connectivity index (χ0) is 17.4. The standard InChI is InChI=1S/C19H21NO4S/c1-13-2-4-15(5-3-13)25(21,22)20-9-6-17-16-8-11-23-18(16)12-14-7-10-24-19(14)17/h2-5,12,20H,6-11H2,1H3. The van der Waals surface area contributed by atoms with Crippen molar-refractivity contribution in [1.82, 2.24) is 4.72 Å². The molecule has 1 N–H and O–H groups in total. The molecule has 2 aliphatic rings. The van der Waals surface area contributed by atoms with Gasteiger partial charge in [0.15, 0.2) is 0 Å². The maximum atomic E-state index is 12.4. The predicted molar refractivity (Wildman–Crippen MR) is 94.9 cm³/mol. The normalized spacial score (nSPS) is 15.4. The number of benzene rings is 2. The van der Waals surface area contributed by atoms with Crippen LogP contribution < -0.4 is 14.2 Å². The van der Waals surface area contributed by atoms with E-state index in [0.717, 1.165) is 46.6 Å². The van der Waals surface area contributed by atoms with Gasteiger partial charge in [-0.3, -0.25) is 0 Å². The van der Waals surface area contributed by atoms with Crippen molar-refractivity contribution in [2.45, 2.75) is 31.1 Å². The van der Waals surface area contributed by atoms with E-state index in [0.29, 0.717) is 31.1 Å². The summed E-state index contributed by atoms with van der Waals surface area (Å²) in [6.07, 6.45) is 2.33. The highest BCUT2D eigenvalue weighted by atomic mass is 32.2. The first-order valence-corrected chi connectivity index (χ1v) is 10.0. The summed E-state index contributed by atoms with van der Waals surface area (Å²) in [5.41, 5.74) is 4.45. The van der Waals surface area contributed by atoms with Gasteiger partial charge in [-0.1, -0.05) is 17.7 Å². The molecule has 0 saturated heterocycles. The largest absolute Gasteiger partial charge is 0.493 e. The Morgan fingerprint density at radius 3 is 2.64 bits per heavy atom. The molecule has 25 heavy (non-hydrogen) atoms. The molecule has 2 aliphatic heterocycles. The van der Waals surface area contributed by atoms with Crippen LogP contribution in [0.25, 0.3) is 0 Å². The maximum Gasteiger partial charge on any atom is 0.240 e. The van der Waals surface area contributed by atoms with Crippen LogP contribution in [0.5, 0.6) is 11.5 Å². The Hall–Kier alpha value is -2.05. The van der Waals surface area contributed by atoms with Gasteiger partial charge in [0.05, 0.1) is 18.1 Å². The lowest BCUT2D eigenvalue weighted by molar-refractivity contribution is 0.353. The smallest absolute Gasteiger partial charge is 0.240 e. The zero-order valence-corrected chi connectivity index (χ0v) is 15.0. The molecular weight excluding hydrogens is 338 g/mol. The van der Waals surface area contributed by atoms with Crippen LogP contribution in [0.4, 0.5) is 0 Å². The zero-order valence-electron chi connectivity index (χ0n) is 14.2. The van der Waals surface area contributed by atoms with Gasteiger partial charge in [0, 0.05) is 36.1 Å². The number of fused-ring (bicyclic) bond motifs is 2. The monoisotopic (exact) mass is 359 g/mol. The minimum absolute atomic E-state index is 0.293. The molecule has 0 bridgehead atoms. The molecule has 2 aromatic rings. The van der Waals surface area contributed by atoms with Crippen LogP contribution in [0.3, 0.4) is 0 Å². The van der Waals surface area contributed by atoms with E-state index >= 15 is 0 Å².